The van der Waals surface area contributed by atoms with E-state index >= 15 is 0 Å². The van der Waals surface area contributed by atoms with E-state index in [2.05, 4.69) is 5.32 Å². The minimum atomic E-state index is -0.966. The maximum absolute atomic E-state index is 11.1. The fourth-order valence-electron chi connectivity index (χ4n) is 0.768. The van der Waals surface area contributed by atoms with Crippen LogP contribution in [0.4, 0.5) is 0 Å². The number of hydrogen-bond acceptors (Lipinski definition) is 4. The number of amides is 1. The molecule has 0 unspecified atom stereocenters. The smallest absolute Gasteiger partial charge is 0.220 e. The first-order valence-corrected chi connectivity index (χ1v) is 4.21. The van der Waals surface area contributed by atoms with Crippen LogP contribution in [0.1, 0.15) is 19.8 Å². The van der Waals surface area contributed by atoms with Gasteiger partial charge in [0.05, 0.1) is 18.8 Å². The molecule has 0 bridgehead atoms. The van der Waals surface area contributed by atoms with Crippen molar-refractivity contribution in [1.29, 1.82) is 0 Å². The zero-order valence-corrected chi connectivity index (χ0v) is 7.79. The van der Waals surface area contributed by atoms with Crippen molar-refractivity contribution in [1.82, 2.24) is 5.32 Å². The third kappa shape index (κ3) is 4.82. The van der Waals surface area contributed by atoms with Gasteiger partial charge in [-0.2, -0.15) is 0 Å². The van der Waals surface area contributed by atoms with Gasteiger partial charge in [0.2, 0.25) is 5.91 Å². The molecule has 4 N–H and O–H groups in total. The Kier molecular flexibility index (Phi) is 5.61. The van der Waals surface area contributed by atoms with Crippen molar-refractivity contribution >= 4 is 5.91 Å². The summed E-state index contributed by atoms with van der Waals surface area (Å²) in [7, 11) is 0. The Morgan fingerprint density at radius 3 is 2.23 bits per heavy atom. The minimum Gasteiger partial charge on any atom is -0.396 e. The molecule has 13 heavy (non-hydrogen) atoms. The maximum atomic E-state index is 11.1. The summed E-state index contributed by atoms with van der Waals surface area (Å²) in [5.74, 6) is -0.278. The lowest BCUT2D eigenvalue weighted by Gasteiger charge is -2.26. The van der Waals surface area contributed by atoms with Gasteiger partial charge in [-0.3, -0.25) is 4.79 Å². The maximum Gasteiger partial charge on any atom is 0.220 e. The molecule has 0 radical (unpaired) electrons. The molecule has 5 nitrogen and oxygen atoms in total. The summed E-state index contributed by atoms with van der Waals surface area (Å²) in [4.78, 5) is 11.1. The Morgan fingerprint density at radius 2 is 1.85 bits per heavy atom. The van der Waals surface area contributed by atoms with Crippen LogP contribution in [0, 0.1) is 0 Å². The molecule has 0 saturated carbocycles. The lowest BCUT2D eigenvalue weighted by Crippen LogP contribution is -2.51. The Bertz CT molecular complexity index is 156. The largest absolute Gasteiger partial charge is 0.396 e. The molecule has 78 valence electrons. The van der Waals surface area contributed by atoms with Gasteiger partial charge in [-0.25, -0.2) is 0 Å². The van der Waals surface area contributed by atoms with Crippen molar-refractivity contribution in [3.05, 3.63) is 0 Å². The van der Waals surface area contributed by atoms with E-state index in [9.17, 15) is 4.79 Å². The number of carbonyl (C=O) groups is 1. The highest BCUT2D eigenvalue weighted by atomic mass is 16.3. The zero-order valence-electron chi connectivity index (χ0n) is 7.79. The van der Waals surface area contributed by atoms with Gasteiger partial charge < -0.3 is 20.6 Å². The number of nitrogens with one attached hydrogen (secondary N) is 1. The standard InChI is InChI=1S/C8H17NO4/c1-8(5-11,6-12)9-7(13)3-2-4-10/h10-12H,2-6H2,1H3,(H,9,13). The molecule has 0 heterocycles. The predicted octanol–water partition coefficient (Wildman–Crippen LogP) is -1.38. The van der Waals surface area contributed by atoms with Crippen LogP contribution in [-0.2, 0) is 4.79 Å². The van der Waals surface area contributed by atoms with E-state index in [1.165, 1.54) is 0 Å². The van der Waals surface area contributed by atoms with E-state index in [4.69, 9.17) is 15.3 Å². The summed E-state index contributed by atoms with van der Waals surface area (Å²) in [6, 6.07) is 0. The molecule has 0 aromatic carbocycles. The molecular weight excluding hydrogens is 174 g/mol. The molecule has 5 heteroatoms. The van der Waals surface area contributed by atoms with Crippen LogP contribution < -0.4 is 5.32 Å². The summed E-state index contributed by atoms with van der Waals surface area (Å²) in [6.45, 7) is 0.884. The molecular formula is C8H17NO4. The summed E-state index contributed by atoms with van der Waals surface area (Å²) in [5.41, 5.74) is -0.966. The van der Waals surface area contributed by atoms with Crippen LogP contribution in [0.25, 0.3) is 0 Å². The molecule has 0 aliphatic rings. The van der Waals surface area contributed by atoms with Crippen LogP contribution >= 0.6 is 0 Å². The van der Waals surface area contributed by atoms with E-state index in [1.807, 2.05) is 0 Å². The third-order valence-corrected chi connectivity index (χ3v) is 1.70. The van der Waals surface area contributed by atoms with E-state index in [0.29, 0.717) is 6.42 Å². The number of hydrogen-bond donors (Lipinski definition) is 4. The number of carbonyl (C=O) groups excluding carboxylic acids is 1. The zero-order chi connectivity index (χ0) is 10.3. The first kappa shape index (κ1) is 12.3. The summed E-state index contributed by atoms with van der Waals surface area (Å²) in [5, 5.41) is 28.6. The molecule has 1 amide bonds. The molecule has 0 rings (SSSR count). The van der Waals surface area contributed by atoms with E-state index < -0.39 is 5.54 Å². The van der Waals surface area contributed by atoms with Crippen molar-refractivity contribution < 1.29 is 20.1 Å². The lowest BCUT2D eigenvalue weighted by atomic mass is 10.1. The highest BCUT2D eigenvalue weighted by Gasteiger charge is 2.23. The quantitative estimate of drug-likeness (QED) is 0.416. The highest BCUT2D eigenvalue weighted by Crippen LogP contribution is 2.01. The SMILES string of the molecule is CC(CO)(CO)NC(=O)CCCO. The second kappa shape index (κ2) is 5.90. The Hall–Kier alpha value is -0.650. The first-order valence-electron chi connectivity index (χ1n) is 4.21. The van der Waals surface area contributed by atoms with Crippen LogP contribution in [0.5, 0.6) is 0 Å². The second-order valence-corrected chi connectivity index (χ2v) is 3.25. The molecule has 0 aliphatic heterocycles. The molecule has 0 aromatic rings. The summed E-state index contributed by atoms with van der Waals surface area (Å²) < 4.78 is 0. The van der Waals surface area contributed by atoms with E-state index in [-0.39, 0.29) is 32.1 Å². The van der Waals surface area contributed by atoms with Crippen LogP contribution in [0.3, 0.4) is 0 Å². The number of aliphatic hydroxyl groups excluding tert-OH is 3. The fraction of sp³-hybridized carbons (Fsp3) is 0.875. The van der Waals surface area contributed by atoms with Gasteiger partial charge in [-0.15, -0.1) is 0 Å². The van der Waals surface area contributed by atoms with Gasteiger partial charge in [0.15, 0.2) is 0 Å². The Morgan fingerprint density at radius 1 is 1.31 bits per heavy atom. The van der Waals surface area contributed by atoms with Crippen molar-refractivity contribution in [3.63, 3.8) is 0 Å². The van der Waals surface area contributed by atoms with Crippen molar-refractivity contribution in [3.8, 4) is 0 Å². The van der Waals surface area contributed by atoms with Crippen molar-refractivity contribution in [2.75, 3.05) is 19.8 Å². The molecule has 0 spiro atoms. The molecule has 0 saturated heterocycles. The van der Waals surface area contributed by atoms with Crippen LogP contribution in [0.2, 0.25) is 0 Å². The van der Waals surface area contributed by atoms with Crippen molar-refractivity contribution in [2.24, 2.45) is 0 Å². The van der Waals surface area contributed by atoms with Gasteiger partial charge in [0.1, 0.15) is 0 Å². The Balaban J connectivity index is 3.87. The van der Waals surface area contributed by atoms with Gasteiger partial charge in [-0.1, -0.05) is 0 Å². The van der Waals surface area contributed by atoms with Gasteiger partial charge >= 0.3 is 0 Å². The topological polar surface area (TPSA) is 89.8 Å². The summed E-state index contributed by atoms with van der Waals surface area (Å²) >= 11 is 0. The third-order valence-electron chi connectivity index (χ3n) is 1.70. The molecule has 0 aliphatic carbocycles. The van der Waals surface area contributed by atoms with Gasteiger partial charge in [-0.05, 0) is 13.3 Å². The molecule has 0 atom stereocenters. The average molecular weight is 191 g/mol. The van der Waals surface area contributed by atoms with Gasteiger partial charge in [0.25, 0.3) is 0 Å². The normalized spacial score (nSPS) is 11.4. The predicted molar refractivity (Wildman–Crippen MR) is 47.0 cm³/mol. The fourth-order valence-corrected chi connectivity index (χ4v) is 0.768. The van der Waals surface area contributed by atoms with Crippen LogP contribution in [0.15, 0.2) is 0 Å². The number of aliphatic hydroxyl groups is 3. The van der Waals surface area contributed by atoms with E-state index in [0.717, 1.165) is 0 Å². The minimum absolute atomic E-state index is 0.0393. The molecule has 0 fully saturated rings. The Labute approximate surface area is 77.4 Å². The number of rotatable bonds is 6. The van der Waals surface area contributed by atoms with E-state index in [1.54, 1.807) is 6.92 Å². The second-order valence-electron chi connectivity index (χ2n) is 3.25. The lowest BCUT2D eigenvalue weighted by molar-refractivity contribution is -0.124. The summed E-state index contributed by atoms with van der Waals surface area (Å²) in [6.07, 6.45) is 0.588. The van der Waals surface area contributed by atoms with Crippen LogP contribution in [-0.4, -0.2) is 46.6 Å². The first-order chi connectivity index (χ1) is 6.08. The highest BCUT2D eigenvalue weighted by molar-refractivity contribution is 5.76. The molecule has 0 aromatic heterocycles. The van der Waals surface area contributed by atoms with Crippen molar-refractivity contribution in [2.45, 2.75) is 25.3 Å². The average Bonchev–Trinajstić information content (AvgIpc) is 2.14. The van der Waals surface area contributed by atoms with Gasteiger partial charge in [0, 0.05) is 13.0 Å². The monoisotopic (exact) mass is 191 g/mol.